The molecule has 2 aromatic carbocycles. The van der Waals surface area contributed by atoms with Gasteiger partial charge in [-0.25, -0.2) is 0 Å². The quantitative estimate of drug-likeness (QED) is 0.252. The number of likely N-dealkylation sites (N-methyl/N-ethyl adjacent to an activating group) is 7. The molecule has 1 aliphatic heterocycles. The summed E-state index contributed by atoms with van der Waals surface area (Å²) in [5.41, 5.74) is -0.288. The number of carbonyl (C=O) groups is 11. The molecule has 85 heavy (non-hydrogen) atoms. The predicted molar refractivity (Wildman–Crippen MR) is 326 cm³/mol. The van der Waals surface area contributed by atoms with Gasteiger partial charge in [0.1, 0.15) is 41.8 Å². The lowest BCUT2D eigenvalue weighted by molar-refractivity contribution is -0.149. The first-order valence-electron chi connectivity index (χ1n) is 29.0. The molecule has 1 heterocycles. The van der Waals surface area contributed by atoms with Crippen molar-refractivity contribution in [2.24, 2.45) is 17.8 Å². The maximum Gasteiger partial charge on any atom is 0.248 e. The molecule has 24 heteroatoms. The van der Waals surface area contributed by atoms with Crippen molar-refractivity contribution in [2.45, 2.75) is 162 Å². The molecular formula is C61H93Cl2N11O11. The van der Waals surface area contributed by atoms with Gasteiger partial charge in [0.2, 0.25) is 65.0 Å². The summed E-state index contributed by atoms with van der Waals surface area (Å²) in [6.07, 6.45) is 0.773. The van der Waals surface area contributed by atoms with Crippen LogP contribution in [-0.4, -0.2) is 216 Å². The maximum absolute atomic E-state index is 14.9. The molecular weight excluding hydrogens is 1130 g/mol. The van der Waals surface area contributed by atoms with Crippen molar-refractivity contribution in [1.29, 1.82) is 0 Å². The maximum atomic E-state index is 14.9. The Bertz CT molecular complexity index is 2710. The highest BCUT2D eigenvalue weighted by molar-refractivity contribution is 6.30. The number of carbonyl (C=O) groups excluding carboxylic acids is 11. The monoisotopic (exact) mass is 1230 g/mol. The first kappa shape index (κ1) is 72.4. The van der Waals surface area contributed by atoms with Crippen LogP contribution in [0.15, 0.2) is 48.5 Å². The largest absolute Gasteiger partial charge is 0.351 e. The van der Waals surface area contributed by atoms with E-state index in [1.165, 1.54) is 89.7 Å². The first-order chi connectivity index (χ1) is 39.5. The Kier molecular flexibility index (Phi) is 27.8. The molecule has 1 fully saturated rings. The molecule has 1 aliphatic rings. The van der Waals surface area contributed by atoms with Crippen molar-refractivity contribution >= 4 is 88.2 Å². The van der Waals surface area contributed by atoms with Crippen LogP contribution in [0.25, 0.3) is 0 Å². The minimum atomic E-state index is -1.65. The van der Waals surface area contributed by atoms with Crippen LogP contribution >= 0.6 is 23.2 Å². The van der Waals surface area contributed by atoms with Gasteiger partial charge < -0.3 is 55.6 Å². The van der Waals surface area contributed by atoms with Gasteiger partial charge in [-0.05, 0) is 107 Å². The summed E-state index contributed by atoms with van der Waals surface area (Å²) in [6.45, 7) is 15.5. The molecule has 1 saturated heterocycles. The van der Waals surface area contributed by atoms with E-state index >= 15 is 0 Å². The summed E-state index contributed by atoms with van der Waals surface area (Å²) in [6, 6.07) is 5.83. The molecule has 3 rings (SSSR count). The molecule has 22 nitrogen and oxygen atoms in total. The van der Waals surface area contributed by atoms with Crippen LogP contribution in [0, 0.1) is 17.8 Å². The van der Waals surface area contributed by atoms with E-state index in [2.05, 4.69) is 21.3 Å². The second-order valence-electron chi connectivity index (χ2n) is 24.2. The molecule has 0 radical (unpaired) electrons. The molecule has 472 valence electrons. The number of amides is 11. The first-order valence-corrected chi connectivity index (χ1v) is 29.8. The van der Waals surface area contributed by atoms with Gasteiger partial charge in [-0.1, -0.05) is 95.4 Å². The van der Waals surface area contributed by atoms with E-state index in [9.17, 15) is 52.7 Å². The smallest absolute Gasteiger partial charge is 0.248 e. The molecule has 11 amide bonds. The standard InChI is InChI=1S/C61H93Cl2N11O11/c1-18-38(6)53-59(84)70(13)34-51(77)68(11)35-52(78)72(15)48(32-42-22-25-43(62)26-23-42)58(83)69(12)33-49(75)65-45(27-24-41-20-19-21-44(63)31-41)57(82)73(16)47(29-37(4)5)56(81)67-61(9,10)60(85)74(17)46(28-36(2)3)55(80)64-39(7)30-50(76)71(14)40(8)54(79)66-53/h19-23,25-26,31,36-40,45-48,53H,18,24,27-30,32-35H2,1-17H3,(H,64,80)(H,65,75)(H,66,79)(H,67,81)/t38-,39+,40-,45+,46-,47-,48-,53-/m0/s1. The van der Waals surface area contributed by atoms with E-state index in [-0.39, 0.29) is 50.4 Å². The molecule has 2 aromatic rings. The second-order valence-corrected chi connectivity index (χ2v) is 25.1. The van der Waals surface area contributed by atoms with Crippen molar-refractivity contribution in [1.82, 2.24) is 55.6 Å². The number of rotatable bonds is 11. The number of hydrogen-bond acceptors (Lipinski definition) is 11. The zero-order chi connectivity index (χ0) is 64.5. The number of nitrogens with zero attached hydrogens (tertiary/aromatic N) is 7. The van der Waals surface area contributed by atoms with Crippen LogP contribution in [0.1, 0.15) is 112 Å². The van der Waals surface area contributed by atoms with Gasteiger partial charge in [0.25, 0.3) is 0 Å². The topological polar surface area (TPSA) is 259 Å². The highest BCUT2D eigenvalue weighted by atomic mass is 35.5. The summed E-state index contributed by atoms with van der Waals surface area (Å²) in [7, 11) is 9.82. The zero-order valence-corrected chi connectivity index (χ0v) is 54.4. The van der Waals surface area contributed by atoms with Crippen LogP contribution in [0.5, 0.6) is 0 Å². The van der Waals surface area contributed by atoms with Crippen LogP contribution in [0.2, 0.25) is 10.0 Å². The van der Waals surface area contributed by atoms with E-state index in [1.54, 1.807) is 56.3 Å². The van der Waals surface area contributed by atoms with Gasteiger partial charge in [0, 0.05) is 78.3 Å². The van der Waals surface area contributed by atoms with Crippen LogP contribution in [0.3, 0.4) is 0 Å². The molecule has 0 spiro atoms. The van der Waals surface area contributed by atoms with Crippen molar-refractivity contribution in [3.8, 4) is 0 Å². The molecule has 8 atom stereocenters. The summed E-state index contributed by atoms with van der Waals surface area (Å²) >= 11 is 12.5. The van der Waals surface area contributed by atoms with Crippen molar-refractivity contribution in [3.05, 3.63) is 69.7 Å². The van der Waals surface area contributed by atoms with Crippen LogP contribution in [-0.2, 0) is 65.6 Å². The number of halogens is 2. The van der Waals surface area contributed by atoms with Gasteiger partial charge in [0.15, 0.2) is 0 Å². The fraction of sp³-hybridized carbons (Fsp3) is 0.623. The minimum Gasteiger partial charge on any atom is -0.351 e. The minimum absolute atomic E-state index is 0.0290. The number of hydrogen-bond donors (Lipinski definition) is 4. The normalized spacial score (nSPS) is 24.2. The van der Waals surface area contributed by atoms with Gasteiger partial charge in [0.05, 0.1) is 19.6 Å². The van der Waals surface area contributed by atoms with Crippen LogP contribution < -0.4 is 21.3 Å². The van der Waals surface area contributed by atoms with Gasteiger partial charge in [-0.15, -0.1) is 0 Å². The molecule has 0 aliphatic carbocycles. The number of aryl methyl sites for hydroxylation is 1. The fourth-order valence-corrected chi connectivity index (χ4v) is 10.2. The van der Waals surface area contributed by atoms with Crippen LogP contribution in [0.4, 0.5) is 0 Å². The lowest BCUT2D eigenvalue weighted by Gasteiger charge is -2.38. The predicted octanol–water partition coefficient (Wildman–Crippen LogP) is 3.78. The van der Waals surface area contributed by atoms with Gasteiger partial charge in [-0.2, -0.15) is 0 Å². The van der Waals surface area contributed by atoms with E-state index in [4.69, 9.17) is 23.2 Å². The summed E-state index contributed by atoms with van der Waals surface area (Å²) in [4.78, 5) is 165. The van der Waals surface area contributed by atoms with E-state index in [0.717, 1.165) is 20.3 Å². The molecule has 0 aromatic heterocycles. The van der Waals surface area contributed by atoms with E-state index < -0.39 is 138 Å². The average molecular weight is 1230 g/mol. The third-order valence-electron chi connectivity index (χ3n) is 15.6. The van der Waals surface area contributed by atoms with Gasteiger partial charge >= 0.3 is 0 Å². The fourth-order valence-electron chi connectivity index (χ4n) is 9.84. The summed E-state index contributed by atoms with van der Waals surface area (Å²) in [5.74, 6) is -7.70. The lowest BCUT2D eigenvalue weighted by atomic mass is 9.95. The Labute approximate surface area is 512 Å². The third-order valence-corrected chi connectivity index (χ3v) is 16.1. The molecule has 4 N–H and O–H groups in total. The molecule has 0 bridgehead atoms. The zero-order valence-electron chi connectivity index (χ0n) is 52.8. The van der Waals surface area contributed by atoms with E-state index in [1.807, 2.05) is 40.7 Å². The Morgan fingerprint density at radius 1 is 0.565 bits per heavy atom. The molecule has 0 unspecified atom stereocenters. The average Bonchev–Trinajstić information content (AvgIpc) is 3.19. The van der Waals surface area contributed by atoms with Crippen molar-refractivity contribution in [2.75, 3.05) is 69.0 Å². The van der Waals surface area contributed by atoms with Gasteiger partial charge in [-0.3, -0.25) is 52.7 Å². The molecule has 0 saturated carbocycles. The second kappa shape index (κ2) is 32.6. The number of benzene rings is 2. The summed E-state index contributed by atoms with van der Waals surface area (Å²) in [5, 5.41) is 12.2. The highest BCUT2D eigenvalue weighted by Crippen LogP contribution is 2.22. The highest BCUT2D eigenvalue weighted by Gasteiger charge is 2.42. The SMILES string of the molecule is CC[C@H](C)[C@@H]1NC(=O)[C@H](C)N(C)C(=O)C[C@@H](C)NC(=O)[C@H](CC(C)C)N(C)C(=O)C(C)(C)NC(=O)[C@H](CC(C)C)N(C)C(=O)[C@@H](CCc2cccc(Cl)c2)NC(=O)CN(C)C(=O)[C@H](Cc2ccc(Cl)cc2)N(C)C(=O)CN(C)C(=O)CN(C)C1=O. The van der Waals surface area contributed by atoms with E-state index in [0.29, 0.717) is 22.0 Å². The third kappa shape index (κ3) is 21.3. The summed E-state index contributed by atoms with van der Waals surface area (Å²) < 4.78 is 0. The van der Waals surface area contributed by atoms with Crippen molar-refractivity contribution < 1.29 is 52.7 Å². The Morgan fingerprint density at radius 2 is 1.13 bits per heavy atom. The lowest BCUT2D eigenvalue weighted by Crippen LogP contribution is -2.63. The van der Waals surface area contributed by atoms with Crippen molar-refractivity contribution in [3.63, 3.8) is 0 Å². The Balaban J connectivity index is 2.17. The Hall–Kier alpha value is -6.81. The number of nitrogens with one attached hydrogen (secondary N) is 4. The Morgan fingerprint density at radius 3 is 1.69 bits per heavy atom.